The fourth-order valence-corrected chi connectivity index (χ4v) is 3.96. The minimum absolute atomic E-state index is 0.274. The molecular formula is C19H19FN2O2. The minimum atomic E-state index is -1.23. The summed E-state index contributed by atoms with van der Waals surface area (Å²) in [5.41, 5.74) is 2.99. The van der Waals surface area contributed by atoms with E-state index in [1.54, 1.807) is 6.07 Å². The predicted octanol–water partition coefficient (Wildman–Crippen LogP) is 3.30. The molecular weight excluding hydrogens is 307 g/mol. The Labute approximate surface area is 140 Å². The van der Waals surface area contributed by atoms with E-state index in [1.165, 1.54) is 23.4 Å². The van der Waals surface area contributed by atoms with Gasteiger partial charge in [-0.05, 0) is 49.2 Å². The second-order valence-electron chi connectivity index (χ2n) is 6.66. The van der Waals surface area contributed by atoms with Crippen LogP contribution in [0.15, 0.2) is 42.5 Å². The largest absolute Gasteiger partial charge is 0.478 e. The molecule has 0 spiro atoms. The second kappa shape index (κ2) is 5.51. The van der Waals surface area contributed by atoms with Gasteiger partial charge in [-0.25, -0.2) is 9.18 Å². The molecule has 4 nitrogen and oxygen atoms in total. The number of anilines is 2. The summed E-state index contributed by atoms with van der Waals surface area (Å²) in [6.07, 6.45) is 1.05. The van der Waals surface area contributed by atoms with Crippen molar-refractivity contribution in [1.82, 2.24) is 0 Å². The Morgan fingerprint density at radius 3 is 2.29 bits per heavy atom. The van der Waals surface area contributed by atoms with Crippen LogP contribution in [0.5, 0.6) is 0 Å². The SMILES string of the molecule is Cc1cccc(N2C[C@H]3C[C@@H]2CN3c2ccc(C(=O)O)c(F)c2)c1. The minimum Gasteiger partial charge on any atom is -0.478 e. The van der Waals surface area contributed by atoms with Crippen molar-refractivity contribution in [1.29, 1.82) is 0 Å². The van der Waals surface area contributed by atoms with E-state index in [1.807, 2.05) is 0 Å². The lowest BCUT2D eigenvalue weighted by Gasteiger charge is -2.37. The Morgan fingerprint density at radius 1 is 1.08 bits per heavy atom. The van der Waals surface area contributed by atoms with Crippen molar-refractivity contribution in [3.63, 3.8) is 0 Å². The summed E-state index contributed by atoms with van der Waals surface area (Å²) < 4.78 is 14.0. The zero-order valence-corrected chi connectivity index (χ0v) is 13.4. The Kier molecular flexibility index (Phi) is 3.44. The number of rotatable bonds is 3. The molecule has 2 saturated heterocycles. The standard InChI is InChI=1S/C19H19FN2O2/c1-12-3-2-4-13(7-12)21-10-16-8-15(21)11-22(16)14-5-6-17(19(23)24)18(20)9-14/h2-7,9,15-16H,8,10-11H2,1H3,(H,23,24)/t15-,16-/m1/s1. The molecule has 0 saturated carbocycles. The normalized spacial score (nSPS) is 22.2. The number of halogens is 1. The number of hydrogen-bond donors (Lipinski definition) is 1. The zero-order valence-electron chi connectivity index (χ0n) is 13.4. The maximum Gasteiger partial charge on any atom is 0.338 e. The molecule has 5 heteroatoms. The van der Waals surface area contributed by atoms with Crippen molar-refractivity contribution in [3.8, 4) is 0 Å². The molecule has 0 radical (unpaired) electrons. The molecule has 24 heavy (non-hydrogen) atoms. The number of benzene rings is 2. The number of aromatic carboxylic acids is 1. The molecule has 4 rings (SSSR count). The molecule has 2 aromatic carbocycles. The lowest BCUT2D eigenvalue weighted by molar-refractivity contribution is 0.0692. The molecule has 0 aliphatic carbocycles. The van der Waals surface area contributed by atoms with E-state index in [0.717, 1.165) is 25.2 Å². The summed E-state index contributed by atoms with van der Waals surface area (Å²) in [5, 5.41) is 8.95. The Hall–Kier alpha value is -2.56. The predicted molar refractivity (Wildman–Crippen MR) is 91.4 cm³/mol. The summed E-state index contributed by atoms with van der Waals surface area (Å²) in [7, 11) is 0. The number of aryl methyl sites for hydroxylation is 1. The molecule has 0 aromatic heterocycles. The zero-order chi connectivity index (χ0) is 16.8. The van der Waals surface area contributed by atoms with Crippen molar-refractivity contribution in [2.24, 2.45) is 0 Å². The van der Waals surface area contributed by atoms with Gasteiger partial charge >= 0.3 is 5.97 Å². The van der Waals surface area contributed by atoms with Gasteiger partial charge in [0, 0.05) is 36.5 Å². The van der Waals surface area contributed by atoms with E-state index in [0.29, 0.717) is 12.1 Å². The van der Waals surface area contributed by atoms with Crippen molar-refractivity contribution >= 4 is 17.3 Å². The maximum atomic E-state index is 14.0. The first-order valence-electron chi connectivity index (χ1n) is 8.16. The van der Waals surface area contributed by atoms with Gasteiger partial charge < -0.3 is 14.9 Å². The van der Waals surface area contributed by atoms with Crippen LogP contribution in [0, 0.1) is 12.7 Å². The highest BCUT2D eigenvalue weighted by molar-refractivity contribution is 5.88. The molecule has 0 amide bonds. The van der Waals surface area contributed by atoms with Gasteiger partial charge in [0.05, 0.1) is 5.56 Å². The van der Waals surface area contributed by atoms with Gasteiger partial charge in [0.25, 0.3) is 0 Å². The third kappa shape index (κ3) is 2.40. The molecule has 2 atom stereocenters. The maximum absolute atomic E-state index is 14.0. The highest BCUT2D eigenvalue weighted by Crippen LogP contribution is 2.37. The van der Waals surface area contributed by atoms with E-state index in [2.05, 4.69) is 41.0 Å². The van der Waals surface area contributed by atoms with Gasteiger partial charge in [-0.1, -0.05) is 12.1 Å². The first kappa shape index (κ1) is 15.0. The molecule has 0 unspecified atom stereocenters. The van der Waals surface area contributed by atoms with Gasteiger partial charge in [-0.3, -0.25) is 0 Å². The van der Waals surface area contributed by atoms with Crippen LogP contribution in [0.3, 0.4) is 0 Å². The summed E-state index contributed by atoms with van der Waals surface area (Å²) >= 11 is 0. The first-order chi connectivity index (χ1) is 11.5. The second-order valence-corrected chi connectivity index (χ2v) is 6.66. The van der Waals surface area contributed by atoms with Crippen LogP contribution in [-0.4, -0.2) is 36.2 Å². The van der Waals surface area contributed by atoms with Crippen LogP contribution >= 0.6 is 0 Å². The molecule has 2 aliphatic heterocycles. The highest BCUT2D eigenvalue weighted by atomic mass is 19.1. The van der Waals surface area contributed by atoms with Crippen LogP contribution in [0.25, 0.3) is 0 Å². The van der Waals surface area contributed by atoms with E-state index in [4.69, 9.17) is 5.11 Å². The van der Waals surface area contributed by atoms with Crippen LogP contribution in [-0.2, 0) is 0 Å². The fraction of sp³-hybridized carbons (Fsp3) is 0.316. The first-order valence-corrected chi connectivity index (χ1v) is 8.16. The third-order valence-electron chi connectivity index (χ3n) is 5.09. The Morgan fingerprint density at radius 2 is 1.75 bits per heavy atom. The number of carboxylic acids is 1. The van der Waals surface area contributed by atoms with E-state index < -0.39 is 11.8 Å². The van der Waals surface area contributed by atoms with Gasteiger partial charge in [-0.2, -0.15) is 0 Å². The summed E-state index contributed by atoms with van der Waals surface area (Å²) in [5.74, 6) is -1.90. The van der Waals surface area contributed by atoms with Gasteiger partial charge in [0.1, 0.15) is 5.82 Å². The monoisotopic (exact) mass is 326 g/mol. The average Bonchev–Trinajstić information content (AvgIpc) is 3.14. The van der Waals surface area contributed by atoms with Crippen molar-refractivity contribution < 1.29 is 14.3 Å². The molecule has 2 fully saturated rings. The number of nitrogens with zero attached hydrogens (tertiary/aromatic N) is 2. The van der Waals surface area contributed by atoms with Crippen molar-refractivity contribution in [2.75, 3.05) is 22.9 Å². The van der Waals surface area contributed by atoms with Crippen LogP contribution in [0.4, 0.5) is 15.8 Å². The van der Waals surface area contributed by atoms with Gasteiger partial charge in [0.15, 0.2) is 0 Å². The van der Waals surface area contributed by atoms with E-state index >= 15 is 0 Å². The molecule has 124 valence electrons. The van der Waals surface area contributed by atoms with Crippen LogP contribution in [0.2, 0.25) is 0 Å². The lowest BCUT2D eigenvalue weighted by atomic mass is 10.1. The average molecular weight is 326 g/mol. The summed E-state index contributed by atoms with van der Waals surface area (Å²) in [6.45, 7) is 3.85. The number of carboxylic acid groups (broad SMARTS) is 1. The highest BCUT2D eigenvalue weighted by Gasteiger charge is 2.43. The number of carbonyl (C=O) groups is 1. The molecule has 2 aromatic rings. The van der Waals surface area contributed by atoms with Gasteiger partial charge in [-0.15, -0.1) is 0 Å². The fourth-order valence-electron chi connectivity index (χ4n) is 3.96. The number of hydrogen-bond acceptors (Lipinski definition) is 3. The summed E-state index contributed by atoms with van der Waals surface area (Å²) in [6, 6.07) is 13.7. The van der Waals surface area contributed by atoms with Crippen LogP contribution < -0.4 is 9.80 Å². The van der Waals surface area contributed by atoms with Crippen molar-refractivity contribution in [2.45, 2.75) is 25.4 Å². The summed E-state index contributed by atoms with van der Waals surface area (Å²) in [4.78, 5) is 15.6. The van der Waals surface area contributed by atoms with E-state index in [9.17, 15) is 9.18 Å². The number of piperazine rings is 1. The van der Waals surface area contributed by atoms with E-state index in [-0.39, 0.29) is 5.56 Å². The quantitative estimate of drug-likeness (QED) is 0.940. The molecule has 2 aliphatic rings. The number of fused-ring (bicyclic) bond motifs is 2. The smallest absolute Gasteiger partial charge is 0.338 e. The molecule has 2 bridgehead atoms. The molecule has 1 N–H and O–H groups in total. The Bertz CT molecular complexity index is 808. The third-order valence-corrected chi connectivity index (χ3v) is 5.09. The van der Waals surface area contributed by atoms with Gasteiger partial charge in [0.2, 0.25) is 0 Å². The Balaban J connectivity index is 1.54. The topological polar surface area (TPSA) is 43.8 Å². The molecule has 2 heterocycles. The van der Waals surface area contributed by atoms with Crippen molar-refractivity contribution in [3.05, 3.63) is 59.4 Å². The lowest BCUT2D eigenvalue weighted by Crippen LogP contribution is -2.46. The van der Waals surface area contributed by atoms with Crippen LogP contribution in [0.1, 0.15) is 22.3 Å².